The smallest absolute Gasteiger partial charge is 0.347 e. The van der Waals surface area contributed by atoms with Gasteiger partial charge in [-0.25, -0.2) is 9.59 Å². The molecule has 0 fully saturated rings. The van der Waals surface area contributed by atoms with Crippen molar-refractivity contribution in [1.82, 2.24) is 0 Å². The topological polar surface area (TPSA) is 105 Å². The third-order valence-corrected chi connectivity index (χ3v) is 7.59. The van der Waals surface area contributed by atoms with E-state index in [0.717, 1.165) is 6.42 Å². The Morgan fingerprint density at radius 1 is 0.750 bits per heavy atom. The Morgan fingerprint density at radius 3 is 1.75 bits per heavy atom. The molecule has 0 aromatic carbocycles. The Kier molecular flexibility index (Phi) is 15.8. The quantitative estimate of drug-likeness (QED) is 0.162. The van der Waals surface area contributed by atoms with Gasteiger partial charge in [0, 0.05) is 17.9 Å². The number of ether oxygens (including phenoxy) is 4. The van der Waals surface area contributed by atoms with E-state index in [-0.39, 0.29) is 24.7 Å². The fourth-order valence-corrected chi connectivity index (χ4v) is 4.86. The number of carbonyl (C=O) groups excluding carboxylic acids is 4. The van der Waals surface area contributed by atoms with E-state index in [2.05, 4.69) is 0 Å². The highest BCUT2D eigenvalue weighted by atomic mass is 16.6. The number of hydrogen-bond donors (Lipinski definition) is 0. The van der Waals surface area contributed by atoms with Crippen molar-refractivity contribution in [3.05, 3.63) is 0 Å². The first kappa shape index (κ1) is 34.0. The van der Waals surface area contributed by atoms with Crippen molar-refractivity contribution in [2.24, 2.45) is 11.3 Å². The second-order valence-corrected chi connectivity index (χ2v) is 9.52. The van der Waals surface area contributed by atoms with E-state index < -0.39 is 41.1 Å². The van der Waals surface area contributed by atoms with Crippen molar-refractivity contribution in [2.75, 3.05) is 13.2 Å². The van der Waals surface area contributed by atoms with E-state index in [1.807, 2.05) is 48.5 Å². The van der Waals surface area contributed by atoms with Crippen LogP contribution in [0, 0.1) is 11.3 Å². The van der Waals surface area contributed by atoms with E-state index in [0.29, 0.717) is 45.1 Å². The molecule has 0 radical (unpaired) electrons. The maximum Gasteiger partial charge on any atom is 0.347 e. The van der Waals surface area contributed by atoms with Gasteiger partial charge in [-0.1, -0.05) is 48.5 Å². The third kappa shape index (κ3) is 9.16. The van der Waals surface area contributed by atoms with E-state index in [1.54, 1.807) is 6.92 Å². The minimum Gasteiger partial charge on any atom is -0.458 e. The van der Waals surface area contributed by atoms with Crippen LogP contribution in [0.1, 0.15) is 114 Å². The van der Waals surface area contributed by atoms with Crippen LogP contribution in [0.15, 0.2) is 0 Å². The number of hydrogen-bond acceptors (Lipinski definition) is 8. The molecular weight excluding hydrogens is 464 g/mol. The van der Waals surface area contributed by atoms with Crippen molar-refractivity contribution in [1.29, 1.82) is 0 Å². The molecular formula is C28H50O8. The average Bonchev–Trinajstić information content (AvgIpc) is 2.88. The standard InChI is InChI=1S/C28H50O8/c1-10-17-33-20(8)25(31)35-21(9)26(32)36-28(15-6,16-7)27(13-4,14-5)18-24(30)34-19-23(29)22(11-2)12-3/h20-22H,10-19H2,1-9H3. The molecule has 0 saturated carbocycles. The summed E-state index contributed by atoms with van der Waals surface area (Å²) < 4.78 is 22.1. The van der Waals surface area contributed by atoms with Crippen LogP contribution in [-0.4, -0.2) is 54.7 Å². The molecule has 2 atom stereocenters. The van der Waals surface area contributed by atoms with Crippen LogP contribution in [0.5, 0.6) is 0 Å². The fraction of sp³-hybridized carbons (Fsp3) is 0.857. The Labute approximate surface area is 218 Å². The normalized spacial score (nSPS) is 13.7. The molecule has 8 nitrogen and oxygen atoms in total. The molecule has 210 valence electrons. The zero-order valence-corrected chi connectivity index (χ0v) is 24.1. The maximum absolute atomic E-state index is 13.1. The first-order valence-electron chi connectivity index (χ1n) is 13.7. The first-order chi connectivity index (χ1) is 17.0. The first-order valence-corrected chi connectivity index (χ1v) is 13.7. The number of rotatable bonds is 19. The van der Waals surface area contributed by atoms with Crippen molar-refractivity contribution >= 4 is 23.7 Å². The summed E-state index contributed by atoms with van der Waals surface area (Å²) >= 11 is 0. The van der Waals surface area contributed by atoms with Crippen LogP contribution in [-0.2, 0) is 38.1 Å². The van der Waals surface area contributed by atoms with Gasteiger partial charge in [0.2, 0.25) is 0 Å². The predicted molar refractivity (Wildman–Crippen MR) is 138 cm³/mol. The summed E-state index contributed by atoms with van der Waals surface area (Å²) in [5.41, 5.74) is -1.68. The SMILES string of the molecule is CCCOC(C)C(=O)OC(C)C(=O)OC(CC)(CC)C(CC)(CC)CC(=O)OCC(=O)C(CC)CC. The summed E-state index contributed by atoms with van der Waals surface area (Å²) in [4.78, 5) is 50.6. The van der Waals surface area contributed by atoms with Crippen LogP contribution in [0.3, 0.4) is 0 Å². The number of carbonyl (C=O) groups is 4. The van der Waals surface area contributed by atoms with Crippen molar-refractivity contribution in [3.63, 3.8) is 0 Å². The second-order valence-electron chi connectivity index (χ2n) is 9.52. The molecule has 0 aromatic heterocycles. The van der Waals surface area contributed by atoms with Gasteiger partial charge in [-0.3, -0.25) is 9.59 Å². The molecule has 0 bridgehead atoms. The van der Waals surface area contributed by atoms with Gasteiger partial charge in [0.25, 0.3) is 0 Å². The second kappa shape index (κ2) is 16.7. The molecule has 0 aliphatic rings. The monoisotopic (exact) mass is 514 g/mol. The minimum atomic E-state index is -1.13. The zero-order chi connectivity index (χ0) is 27.9. The fourth-order valence-electron chi connectivity index (χ4n) is 4.86. The van der Waals surface area contributed by atoms with E-state index in [9.17, 15) is 19.2 Å². The summed E-state index contributed by atoms with van der Waals surface area (Å²) in [6.45, 7) is 16.8. The van der Waals surface area contributed by atoms with E-state index >= 15 is 0 Å². The predicted octanol–water partition coefficient (Wildman–Crippen LogP) is 5.58. The van der Waals surface area contributed by atoms with Gasteiger partial charge in [0.05, 0.1) is 6.42 Å². The molecule has 0 aliphatic heterocycles. The lowest BCUT2D eigenvalue weighted by atomic mass is 9.63. The Bertz CT molecular complexity index is 690. The summed E-state index contributed by atoms with van der Waals surface area (Å²) in [6.07, 6.45) is 2.32. The molecule has 0 spiro atoms. The molecule has 8 heteroatoms. The highest BCUT2D eigenvalue weighted by molar-refractivity contribution is 5.84. The summed E-state index contributed by atoms with van der Waals surface area (Å²) in [5.74, 6) is -1.98. The summed E-state index contributed by atoms with van der Waals surface area (Å²) in [5, 5.41) is 0. The number of ketones is 1. The van der Waals surface area contributed by atoms with Crippen molar-refractivity contribution in [2.45, 2.75) is 131 Å². The van der Waals surface area contributed by atoms with Gasteiger partial charge in [0.15, 0.2) is 18.0 Å². The molecule has 36 heavy (non-hydrogen) atoms. The molecule has 0 aliphatic carbocycles. The molecule has 0 rings (SSSR count). The van der Waals surface area contributed by atoms with E-state index in [4.69, 9.17) is 18.9 Å². The molecule has 0 amide bonds. The maximum atomic E-state index is 13.1. The third-order valence-electron chi connectivity index (χ3n) is 7.59. The average molecular weight is 515 g/mol. The Balaban J connectivity index is 5.59. The lowest BCUT2D eigenvalue weighted by molar-refractivity contribution is -0.200. The van der Waals surface area contributed by atoms with Gasteiger partial charge in [-0.15, -0.1) is 0 Å². The molecule has 0 N–H and O–H groups in total. The van der Waals surface area contributed by atoms with Crippen LogP contribution >= 0.6 is 0 Å². The minimum absolute atomic E-state index is 0.0151. The lowest BCUT2D eigenvalue weighted by Crippen LogP contribution is -2.53. The molecule has 0 saturated heterocycles. The van der Waals surface area contributed by atoms with Crippen LogP contribution in [0.25, 0.3) is 0 Å². The Morgan fingerprint density at radius 2 is 1.31 bits per heavy atom. The molecule has 0 heterocycles. The van der Waals surface area contributed by atoms with E-state index in [1.165, 1.54) is 6.92 Å². The highest BCUT2D eigenvalue weighted by Crippen LogP contribution is 2.48. The zero-order valence-electron chi connectivity index (χ0n) is 24.1. The van der Waals surface area contributed by atoms with Gasteiger partial charge in [-0.05, 0) is 58.8 Å². The molecule has 0 aromatic rings. The summed E-state index contributed by atoms with van der Waals surface area (Å²) in [6, 6.07) is 0. The van der Waals surface area contributed by atoms with Crippen LogP contribution in [0.2, 0.25) is 0 Å². The number of esters is 3. The van der Waals surface area contributed by atoms with Crippen molar-refractivity contribution < 1.29 is 38.1 Å². The van der Waals surface area contributed by atoms with Gasteiger partial charge in [0.1, 0.15) is 12.2 Å². The highest BCUT2D eigenvalue weighted by Gasteiger charge is 2.52. The van der Waals surface area contributed by atoms with Crippen molar-refractivity contribution in [3.8, 4) is 0 Å². The largest absolute Gasteiger partial charge is 0.458 e. The van der Waals surface area contributed by atoms with Crippen LogP contribution < -0.4 is 0 Å². The van der Waals surface area contributed by atoms with Gasteiger partial charge >= 0.3 is 17.9 Å². The lowest BCUT2D eigenvalue weighted by Gasteiger charge is -2.48. The van der Waals surface area contributed by atoms with Gasteiger partial charge in [-0.2, -0.15) is 0 Å². The summed E-state index contributed by atoms with van der Waals surface area (Å²) in [7, 11) is 0. The Hall–Kier alpha value is -1.96. The molecule has 2 unspecified atom stereocenters. The van der Waals surface area contributed by atoms with Gasteiger partial charge < -0.3 is 18.9 Å². The van der Waals surface area contributed by atoms with Crippen LogP contribution in [0.4, 0.5) is 0 Å². The number of Topliss-reactive ketones (excluding diaryl/α,β-unsaturated/α-hetero) is 1.